The van der Waals surface area contributed by atoms with E-state index < -0.39 is 30.0 Å². The van der Waals surface area contributed by atoms with Crippen LogP contribution in [0.25, 0.3) is 0 Å². The van der Waals surface area contributed by atoms with Crippen molar-refractivity contribution in [2.75, 3.05) is 6.54 Å². The van der Waals surface area contributed by atoms with E-state index in [2.05, 4.69) is 5.32 Å². The molecule has 2 rings (SSSR count). The topological polar surface area (TPSA) is 113 Å². The van der Waals surface area contributed by atoms with E-state index in [0.29, 0.717) is 5.02 Å². The molecule has 1 aromatic rings. The van der Waals surface area contributed by atoms with E-state index in [1.54, 1.807) is 24.3 Å². The second-order valence-electron chi connectivity index (χ2n) is 5.87. The molecule has 4 N–H and O–H groups in total. The van der Waals surface area contributed by atoms with Gasteiger partial charge in [0.1, 0.15) is 12.1 Å². The Kier molecular flexibility index (Phi) is 5.80. The van der Waals surface area contributed by atoms with Crippen LogP contribution in [-0.4, -0.2) is 52.5 Å². The van der Waals surface area contributed by atoms with Gasteiger partial charge in [0.25, 0.3) is 0 Å². The minimum absolute atomic E-state index is 0.100. The summed E-state index contributed by atoms with van der Waals surface area (Å²) >= 11 is 5.91. The maximum absolute atomic E-state index is 12.4. The molecular formula is C16H20ClN3O4. The number of amides is 3. The Morgan fingerprint density at radius 3 is 2.75 bits per heavy atom. The van der Waals surface area contributed by atoms with Crippen LogP contribution in [0.1, 0.15) is 18.9 Å². The lowest BCUT2D eigenvalue weighted by Gasteiger charge is -2.24. The summed E-state index contributed by atoms with van der Waals surface area (Å²) in [5, 5.41) is 12.8. The highest BCUT2D eigenvalue weighted by Gasteiger charge is 2.38. The van der Waals surface area contributed by atoms with Crippen LogP contribution in [0.15, 0.2) is 24.3 Å². The van der Waals surface area contributed by atoms with E-state index in [9.17, 15) is 19.5 Å². The van der Waals surface area contributed by atoms with E-state index in [1.807, 2.05) is 0 Å². The number of rotatable bonds is 5. The summed E-state index contributed by atoms with van der Waals surface area (Å²) in [5.74, 6) is -1.50. The Balaban J connectivity index is 2.08. The molecule has 8 heteroatoms. The summed E-state index contributed by atoms with van der Waals surface area (Å²) in [6, 6.07) is 5.16. The van der Waals surface area contributed by atoms with Crippen molar-refractivity contribution in [2.45, 2.75) is 38.0 Å². The molecule has 1 heterocycles. The summed E-state index contributed by atoms with van der Waals surface area (Å²) < 4.78 is 0. The van der Waals surface area contributed by atoms with Crippen molar-refractivity contribution in [1.29, 1.82) is 0 Å². The Labute approximate surface area is 144 Å². The standard InChI is InChI=1S/C16H20ClN3O4/c1-9(21)20-8-12(22)7-14(20)16(24)19-13(15(18)23)6-10-3-2-4-11(17)5-10/h2-5,12-14,22H,6-8H2,1H3,(H2,18,23)(H,19,24)/t12-,13-,14+/m1/s1. The molecule has 1 aliphatic heterocycles. The number of hydrogen-bond acceptors (Lipinski definition) is 4. The number of benzene rings is 1. The minimum atomic E-state index is -0.928. The zero-order chi connectivity index (χ0) is 17.9. The fourth-order valence-electron chi connectivity index (χ4n) is 2.80. The quantitative estimate of drug-likeness (QED) is 0.682. The number of primary amides is 1. The molecule has 0 aliphatic carbocycles. The van der Waals surface area contributed by atoms with Gasteiger partial charge in [0.05, 0.1) is 6.10 Å². The van der Waals surface area contributed by atoms with Crippen molar-refractivity contribution in [3.05, 3.63) is 34.9 Å². The second kappa shape index (κ2) is 7.63. The van der Waals surface area contributed by atoms with Crippen LogP contribution in [-0.2, 0) is 20.8 Å². The van der Waals surface area contributed by atoms with Crippen molar-refractivity contribution in [1.82, 2.24) is 10.2 Å². The number of halogens is 1. The van der Waals surface area contributed by atoms with Crippen molar-refractivity contribution < 1.29 is 19.5 Å². The lowest BCUT2D eigenvalue weighted by atomic mass is 10.0. The highest BCUT2D eigenvalue weighted by Crippen LogP contribution is 2.19. The maximum atomic E-state index is 12.4. The maximum Gasteiger partial charge on any atom is 0.243 e. The second-order valence-corrected chi connectivity index (χ2v) is 6.31. The first-order valence-electron chi connectivity index (χ1n) is 7.57. The lowest BCUT2D eigenvalue weighted by Crippen LogP contribution is -2.52. The Morgan fingerprint density at radius 2 is 2.17 bits per heavy atom. The molecule has 0 radical (unpaired) electrons. The van der Waals surface area contributed by atoms with E-state index >= 15 is 0 Å². The number of hydrogen-bond donors (Lipinski definition) is 3. The molecule has 7 nitrogen and oxygen atoms in total. The number of nitrogens with two attached hydrogens (primary N) is 1. The van der Waals surface area contributed by atoms with E-state index in [4.69, 9.17) is 17.3 Å². The third-order valence-corrected chi connectivity index (χ3v) is 4.21. The van der Waals surface area contributed by atoms with Gasteiger partial charge < -0.3 is 21.1 Å². The van der Waals surface area contributed by atoms with Gasteiger partial charge in [-0.1, -0.05) is 23.7 Å². The van der Waals surface area contributed by atoms with Crippen molar-refractivity contribution in [3.8, 4) is 0 Å². The third-order valence-electron chi connectivity index (χ3n) is 3.97. The molecule has 1 aromatic carbocycles. The van der Waals surface area contributed by atoms with Gasteiger partial charge in [-0.15, -0.1) is 0 Å². The lowest BCUT2D eigenvalue weighted by molar-refractivity contribution is -0.138. The highest BCUT2D eigenvalue weighted by molar-refractivity contribution is 6.30. The molecule has 3 amide bonds. The van der Waals surface area contributed by atoms with Crippen molar-refractivity contribution in [3.63, 3.8) is 0 Å². The van der Waals surface area contributed by atoms with Crippen LogP contribution in [0.3, 0.4) is 0 Å². The molecule has 3 atom stereocenters. The first-order valence-corrected chi connectivity index (χ1v) is 7.95. The summed E-state index contributed by atoms with van der Waals surface area (Å²) in [7, 11) is 0. The van der Waals surface area contributed by atoms with Crippen LogP contribution in [0.5, 0.6) is 0 Å². The number of β-amino-alcohol motifs (C(OH)–C–C–N with tert-alkyl or cyclic N) is 1. The predicted molar refractivity (Wildman–Crippen MR) is 88.1 cm³/mol. The third kappa shape index (κ3) is 4.46. The molecular weight excluding hydrogens is 334 g/mol. The predicted octanol–water partition coefficient (Wildman–Crippen LogP) is -0.166. The fraction of sp³-hybridized carbons (Fsp3) is 0.438. The Morgan fingerprint density at radius 1 is 1.46 bits per heavy atom. The largest absolute Gasteiger partial charge is 0.391 e. The molecule has 0 bridgehead atoms. The SMILES string of the molecule is CC(=O)N1C[C@H](O)C[C@H]1C(=O)N[C@H](Cc1cccc(Cl)c1)C(N)=O. The monoisotopic (exact) mass is 353 g/mol. The smallest absolute Gasteiger partial charge is 0.243 e. The van der Waals surface area contributed by atoms with Crippen LogP contribution < -0.4 is 11.1 Å². The zero-order valence-corrected chi connectivity index (χ0v) is 14.0. The average Bonchev–Trinajstić information content (AvgIpc) is 2.89. The Bertz CT molecular complexity index is 652. The molecule has 0 aromatic heterocycles. The number of carbonyl (C=O) groups is 3. The van der Waals surface area contributed by atoms with E-state index in [-0.39, 0.29) is 25.3 Å². The van der Waals surface area contributed by atoms with Crippen LogP contribution in [0.2, 0.25) is 5.02 Å². The van der Waals surface area contributed by atoms with Gasteiger partial charge in [0.2, 0.25) is 17.7 Å². The van der Waals surface area contributed by atoms with Gasteiger partial charge in [-0.2, -0.15) is 0 Å². The van der Waals surface area contributed by atoms with Gasteiger partial charge in [-0.05, 0) is 17.7 Å². The number of nitrogens with zero attached hydrogens (tertiary/aromatic N) is 1. The molecule has 1 aliphatic rings. The zero-order valence-electron chi connectivity index (χ0n) is 13.2. The first kappa shape index (κ1) is 18.2. The molecule has 0 saturated carbocycles. The summed E-state index contributed by atoms with van der Waals surface area (Å²) in [5.41, 5.74) is 6.13. The number of aliphatic hydroxyl groups is 1. The van der Waals surface area contributed by atoms with Crippen LogP contribution in [0.4, 0.5) is 0 Å². The van der Waals surface area contributed by atoms with E-state index in [1.165, 1.54) is 11.8 Å². The number of carbonyl (C=O) groups excluding carboxylic acids is 3. The van der Waals surface area contributed by atoms with Gasteiger partial charge in [-0.25, -0.2) is 0 Å². The molecule has 1 fully saturated rings. The van der Waals surface area contributed by atoms with Gasteiger partial charge in [0, 0.05) is 31.3 Å². The number of nitrogens with one attached hydrogen (secondary N) is 1. The fourth-order valence-corrected chi connectivity index (χ4v) is 3.01. The van der Waals surface area contributed by atoms with Gasteiger partial charge >= 0.3 is 0 Å². The van der Waals surface area contributed by atoms with Crippen LogP contribution >= 0.6 is 11.6 Å². The van der Waals surface area contributed by atoms with Crippen molar-refractivity contribution in [2.24, 2.45) is 5.73 Å². The molecule has 130 valence electrons. The molecule has 0 spiro atoms. The Hall–Kier alpha value is -2.12. The number of likely N-dealkylation sites (tertiary alicyclic amines) is 1. The average molecular weight is 354 g/mol. The molecule has 24 heavy (non-hydrogen) atoms. The number of aliphatic hydroxyl groups excluding tert-OH is 1. The first-order chi connectivity index (χ1) is 11.3. The molecule has 0 unspecified atom stereocenters. The summed E-state index contributed by atoms with van der Waals surface area (Å²) in [4.78, 5) is 37.0. The van der Waals surface area contributed by atoms with Gasteiger partial charge in [-0.3, -0.25) is 14.4 Å². The molecule has 1 saturated heterocycles. The van der Waals surface area contributed by atoms with Gasteiger partial charge in [0.15, 0.2) is 0 Å². The van der Waals surface area contributed by atoms with Crippen LogP contribution in [0, 0.1) is 0 Å². The summed E-state index contributed by atoms with van der Waals surface area (Å²) in [6.07, 6.45) is -0.435. The highest BCUT2D eigenvalue weighted by atomic mass is 35.5. The minimum Gasteiger partial charge on any atom is -0.391 e. The van der Waals surface area contributed by atoms with Crippen molar-refractivity contribution >= 4 is 29.3 Å². The van der Waals surface area contributed by atoms with E-state index in [0.717, 1.165) is 5.56 Å². The normalized spacial score (nSPS) is 21.4. The summed E-state index contributed by atoms with van der Waals surface area (Å²) in [6.45, 7) is 1.43.